The Bertz CT molecular complexity index is 1200. The first kappa shape index (κ1) is 27.4. The molecule has 37 heavy (non-hydrogen) atoms. The second-order valence-electron chi connectivity index (χ2n) is 9.90. The predicted molar refractivity (Wildman–Crippen MR) is 139 cm³/mol. The molecule has 8 nitrogen and oxygen atoms in total. The zero-order valence-corrected chi connectivity index (χ0v) is 22.9. The molecule has 9 heteroatoms. The van der Waals surface area contributed by atoms with Crippen LogP contribution < -0.4 is 9.47 Å². The topological polar surface area (TPSA) is 91.4 Å². The maximum atomic E-state index is 12.4. The van der Waals surface area contributed by atoms with Crippen molar-refractivity contribution in [2.24, 2.45) is 5.92 Å². The van der Waals surface area contributed by atoms with Gasteiger partial charge in [-0.3, -0.25) is 13.9 Å². The number of hydrogen-bond donors (Lipinski definition) is 0. The molecule has 0 aliphatic carbocycles. The molecule has 0 N–H and O–H groups in total. The third-order valence-corrected chi connectivity index (χ3v) is 8.73. The second kappa shape index (κ2) is 11.8. The van der Waals surface area contributed by atoms with Crippen molar-refractivity contribution in [3.8, 4) is 11.5 Å². The Labute approximate surface area is 220 Å². The molecule has 1 saturated heterocycles. The lowest BCUT2D eigenvalue weighted by Gasteiger charge is -2.46. The highest BCUT2D eigenvalue weighted by Gasteiger charge is 2.40. The van der Waals surface area contributed by atoms with Crippen LogP contribution in [0.15, 0.2) is 41.3 Å². The molecular formula is C28H37NO7S. The van der Waals surface area contributed by atoms with Gasteiger partial charge in [0.05, 0.1) is 25.7 Å². The van der Waals surface area contributed by atoms with Crippen molar-refractivity contribution in [3.05, 3.63) is 53.1 Å². The number of carbonyl (C=O) groups is 1. The van der Waals surface area contributed by atoms with Gasteiger partial charge in [0, 0.05) is 38.4 Å². The first-order chi connectivity index (χ1) is 17.7. The number of methoxy groups -OCH3 is 2. The van der Waals surface area contributed by atoms with Gasteiger partial charge in [0.25, 0.3) is 10.1 Å². The lowest BCUT2D eigenvalue weighted by atomic mass is 9.80. The number of ether oxygens (including phenoxy) is 3. The lowest BCUT2D eigenvalue weighted by molar-refractivity contribution is -0.154. The second-order valence-corrected chi connectivity index (χ2v) is 11.5. The molecule has 1 fully saturated rings. The van der Waals surface area contributed by atoms with E-state index in [1.165, 1.54) is 18.1 Å². The minimum atomic E-state index is -3.76. The minimum absolute atomic E-state index is 0.127. The number of benzene rings is 2. The number of carbonyl (C=O) groups excluding carboxylic acids is 1. The van der Waals surface area contributed by atoms with E-state index in [0.717, 1.165) is 43.7 Å². The Hall–Kier alpha value is -2.62. The first-order valence-electron chi connectivity index (χ1n) is 12.8. The van der Waals surface area contributed by atoms with Gasteiger partial charge in [-0.05, 0) is 61.6 Å². The van der Waals surface area contributed by atoms with Crippen LogP contribution in [-0.4, -0.2) is 59.3 Å². The van der Waals surface area contributed by atoms with Gasteiger partial charge < -0.3 is 14.2 Å². The fraction of sp³-hybridized carbons (Fsp3) is 0.536. The zero-order chi connectivity index (χ0) is 26.6. The summed E-state index contributed by atoms with van der Waals surface area (Å²) in [5.41, 5.74) is 3.44. The fourth-order valence-corrected chi connectivity index (χ4v) is 6.43. The van der Waals surface area contributed by atoms with Gasteiger partial charge in [0.15, 0.2) is 11.5 Å². The van der Waals surface area contributed by atoms with Crippen molar-refractivity contribution < 1.29 is 31.6 Å². The molecule has 2 aliphatic rings. The van der Waals surface area contributed by atoms with Crippen molar-refractivity contribution in [1.82, 2.24) is 4.90 Å². The summed E-state index contributed by atoms with van der Waals surface area (Å²) >= 11 is 0. The molecule has 0 amide bonds. The SMILES string of the molecule is COc1cc2c(cc1OC)[C@H]1C[C@@H](OC(C)=O)[C@H](CCCCOS(=O)(=O)c3ccc(C)cc3)CN1CC2. The summed E-state index contributed by atoms with van der Waals surface area (Å²) in [5.74, 6) is 1.33. The molecule has 0 unspecified atom stereocenters. The minimum Gasteiger partial charge on any atom is -0.493 e. The van der Waals surface area contributed by atoms with Crippen molar-refractivity contribution in [2.75, 3.05) is 33.9 Å². The van der Waals surface area contributed by atoms with Crippen LogP contribution in [0.1, 0.15) is 55.3 Å². The summed E-state index contributed by atoms with van der Waals surface area (Å²) in [6.45, 7) is 5.23. The van der Waals surface area contributed by atoms with E-state index in [1.54, 1.807) is 38.5 Å². The van der Waals surface area contributed by atoms with Gasteiger partial charge in [-0.15, -0.1) is 0 Å². The summed E-state index contributed by atoms with van der Waals surface area (Å²) in [6.07, 6.45) is 3.65. The predicted octanol–water partition coefficient (Wildman–Crippen LogP) is 4.44. The van der Waals surface area contributed by atoms with Crippen LogP contribution >= 0.6 is 0 Å². The van der Waals surface area contributed by atoms with Crippen LogP contribution in [0.2, 0.25) is 0 Å². The molecule has 2 aliphatic heterocycles. The molecule has 2 aromatic rings. The van der Waals surface area contributed by atoms with Gasteiger partial charge in [0.1, 0.15) is 6.10 Å². The zero-order valence-electron chi connectivity index (χ0n) is 22.1. The van der Waals surface area contributed by atoms with Crippen molar-refractivity contribution >= 4 is 16.1 Å². The normalized spacial score (nSPS) is 21.6. The molecule has 3 atom stereocenters. The van der Waals surface area contributed by atoms with E-state index in [9.17, 15) is 13.2 Å². The quantitative estimate of drug-likeness (QED) is 0.253. The third-order valence-electron chi connectivity index (χ3n) is 7.40. The number of aryl methyl sites for hydroxylation is 1. The van der Waals surface area contributed by atoms with Gasteiger partial charge in [-0.2, -0.15) is 8.42 Å². The molecular weight excluding hydrogens is 494 g/mol. The van der Waals surface area contributed by atoms with Crippen LogP contribution in [-0.2, 0) is 30.3 Å². The van der Waals surface area contributed by atoms with E-state index < -0.39 is 10.1 Å². The molecule has 2 aromatic carbocycles. The van der Waals surface area contributed by atoms with Crippen molar-refractivity contribution in [1.29, 1.82) is 0 Å². The van der Waals surface area contributed by atoms with Gasteiger partial charge in [-0.25, -0.2) is 0 Å². The van der Waals surface area contributed by atoms with Crippen LogP contribution in [0.5, 0.6) is 11.5 Å². The van der Waals surface area contributed by atoms with E-state index in [-0.39, 0.29) is 35.5 Å². The number of hydrogen-bond acceptors (Lipinski definition) is 8. The van der Waals surface area contributed by atoms with E-state index in [0.29, 0.717) is 18.6 Å². The maximum absolute atomic E-state index is 12.4. The van der Waals surface area contributed by atoms with Crippen LogP contribution in [0.25, 0.3) is 0 Å². The standard InChI is InChI=1S/C28H37NO7S/c1-19-8-10-23(11-9-19)37(31,32)35-14-6-5-7-22-18-29-13-12-21-15-27(33-3)28(34-4)16-24(21)25(29)17-26(22)36-20(2)30/h8-11,15-16,22,25-26H,5-7,12-14,17-18H2,1-4H3/t22-,25-,26-/m1/s1. The Morgan fingerprint density at radius 2 is 1.76 bits per heavy atom. The Morgan fingerprint density at radius 1 is 1.05 bits per heavy atom. The average molecular weight is 532 g/mol. The molecule has 0 radical (unpaired) electrons. The van der Waals surface area contributed by atoms with Crippen LogP contribution in [0.3, 0.4) is 0 Å². The van der Waals surface area contributed by atoms with E-state index >= 15 is 0 Å². The Kier molecular flexibility index (Phi) is 8.77. The molecule has 2 heterocycles. The molecule has 0 aromatic heterocycles. The highest BCUT2D eigenvalue weighted by Crippen LogP contribution is 2.44. The molecule has 4 rings (SSSR count). The summed E-state index contributed by atoms with van der Waals surface area (Å²) in [4.78, 5) is 14.6. The lowest BCUT2D eigenvalue weighted by Crippen LogP contribution is -2.49. The third kappa shape index (κ3) is 6.45. The summed E-state index contributed by atoms with van der Waals surface area (Å²) in [6, 6.07) is 10.9. The molecule has 0 bridgehead atoms. The van der Waals surface area contributed by atoms with Gasteiger partial charge >= 0.3 is 5.97 Å². The van der Waals surface area contributed by atoms with Crippen LogP contribution in [0, 0.1) is 12.8 Å². The highest BCUT2D eigenvalue weighted by atomic mass is 32.2. The Balaban J connectivity index is 1.37. The number of unbranched alkanes of at least 4 members (excludes halogenated alkanes) is 1. The van der Waals surface area contributed by atoms with E-state index in [4.69, 9.17) is 18.4 Å². The fourth-order valence-electron chi connectivity index (χ4n) is 5.49. The van der Waals surface area contributed by atoms with Crippen molar-refractivity contribution in [3.63, 3.8) is 0 Å². The monoisotopic (exact) mass is 531 g/mol. The smallest absolute Gasteiger partial charge is 0.302 e. The number of nitrogens with zero attached hydrogens (tertiary/aromatic N) is 1. The van der Waals surface area contributed by atoms with Gasteiger partial charge in [0.2, 0.25) is 0 Å². The number of fused-ring (bicyclic) bond motifs is 3. The summed E-state index contributed by atoms with van der Waals surface area (Å²) < 4.78 is 46.9. The summed E-state index contributed by atoms with van der Waals surface area (Å²) in [5, 5.41) is 0. The van der Waals surface area contributed by atoms with E-state index in [1.807, 2.05) is 6.92 Å². The van der Waals surface area contributed by atoms with Gasteiger partial charge in [-0.1, -0.05) is 24.1 Å². The molecule has 0 saturated carbocycles. The first-order valence-corrected chi connectivity index (χ1v) is 14.2. The average Bonchev–Trinajstić information content (AvgIpc) is 2.87. The van der Waals surface area contributed by atoms with Crippen LogP contribution in [0.4, 0.5) is 0 Å². The highest BCUT2D eigenvalue weighted by molar-refractivity contribution is 7.86. The number of rotatable bonds is 10. The van der Waals surface area contributed by atoms with E-state index in [2.05, 4.69) is 17.0 Å². The van der Waals surface area contributed by atoms with Crippen molar-refractivity contribution in [2.45, 2.75) is 63.0 Å². The maximum Gasteiger partial charge on any atom is 0.302 e. The number of esters is 1. The molecule has 0 spiro atoms. The Morgan fingerprint density at radius 3 is 2.43 bits per heavy atom. The summed E-state index contributed by atoms with van der Waals surface area (Å²) in [7, 11) is -0.480. The molecule has 202 valence electrons. The largest absolute Gasteiger partial charge is 0.493 e. The number of piperidine rings is 1.